The Bertz CT molecular complexity index is 1090. The summed E-state index contributed by atoms with van der Waals surface area (Å²) in [5.74, 6) is 1.37. The summed E-state index contributed by atoms with van der Waals surface area (Å²) in [6.07, 6.45) is 2.59. The smallest absolute Gasteiger partial charge is 0.256 e. The number of benzene rings is 1. The lowest BCUT2D eigenvalue weighted by Crippen LogP contribution is -2.35. The maximum atomic E-state index is 13.3. The van der Waals surface area contributed by atoms with Crippen LogP contribution in [-0.4, -0.2) is 47.1 Å². The third kappa shape index (κ3) is 5.06. The number of aryl methyl sites for hydroxylation is 1. The second kappa shape index (κ2) is 9.67. The lowest BCUT2D eigenvalue weighted by molar-refractivity contribution is 0.0762. The largest absolute Gasteiger partial charge is 0.370 e. The number of anilines is 1. The molecule has 1 fully saturated rings. The van der Waals surface area contributed by atoms with Crippen molar-refractivity contribution in [1.82, 2.24) is 15.0 Å². The molecular weight excluding hydrogens is 410 g/mol. The van der Waals surface area contributed by atoms with E-state index in [4.69, 9.17) is 9.78 Å². The first kappa shape index (κ1) is 20.9. The zero-order chi connectivity index (χ0) is 21.6. The van der Waals surface area contributed by atoms with E-state index in [1.165, 1.54) is 11.8 Å². The molecule has 31 heavy (non-hydrogen) atoms. The van der Waals surface area contributed by atoms with Gasteiger partial charge in [-0.3, -0.25) is 4.79 Å². The molecule has 1 saturated heterocycles. The van der Waals surface area contributed by atoms with Crippen LogP contribution >= 0.6 is 11.8 Å². The third-order valence-electron chi connectivity index (χ3n) is 5.18. The molecule has 3 heterocycles. The molecule has 8 heteroatoms. The Morgan fingerprint density at radius 1 is 1.19 bits per heavy atom. The van der Waals surface area contributed by atoms with Crippen LogP contribution in [0.4, 0.5) is 5.69 Å². The van der Waals surface area contributed by atoms with Crippen LogP contribution in [0.5, 0.6) is 0 Å². The highest BCUT2D eigenvalue weighted by molar-refractivity contribution is 7.98. The molecule has 0 N–H and O–H groups in total. The molecule has 0 saturated carbocycles. The molecular formula is C23H23N5O2S. The Balaban J connectivity index is 1.43. The molecule has 158 valence electrons. The SMILES string of the molecule is Cc1cc(CSc2ncccc2C(=O)N2CCCN(c3ccc(C#N)cc3)CC2)no1. The quantitative estimate of drug-likeness (QED) is 0.564. The molecule has 7 nitrogen and oxygen atoms in total. The standard InChI is InChI=1S/C23H23N5O2S/c1-17-14-19(26-30-17)16-31-22-21(4-2-9-25-22)23(29)28-11-3-10-27(12-13-28)20-7-5-18(15-24)6-8-20/h2,4-9,14H,3,10-13,16H2,1H3. The second-order valence-electron chi connectivity index (χ2n) is 7.37. The molecule has 1 aliphatic heterocycles. The molecule has 1 aromatic carbocycles. The second-order valence-corrected chi connectivity index (χ2v) is 8.33. The maximum Gasteiger partial charge on any atom is 0.256 e. The van der Waals surface area contributed by atoms with E-state index < -0.39 is 0 Å². The van der Waals surface area contributed by atoms with Crippen LogP contribution in [0.2, 0.25) is 0 Å². The molecule has 0 atom stereocenters. The zero-order valence-corrected chi connectivity index (χ0v) is 18.1. The molecule has 1 aliphatic rings. The monoisotopic (exact) mass is 433 g/mol. The summed E-state index contributed by atoms with van der Waals surface area (Å²) in [5.41, 5.74) is 3.19. The first-order valence-electron chi connectivity index (χ1n) is 10.2. The van der Waals surface area contributed by atoms with Gasteiger partial charge in [-0.15, -0.1) is 0 Å². The van der Waals surface area contributed by atoms with E-state index >= 15 is 0 Å². The van der Waals surface area contributed by atoms with Crippen molar-refractivity contribution < 1.29 is 9.32 Å². The minimum Gasteiger partial charge on any atom is -0.370 e. The Hall–Kier alpha value is -3.31. The van der Waals surface area contributed by atoms with Crippen LogP contribution in [0, 0.1) is 18.3 Å². The fourth-order valence-electron chi connectivity index (χ4n) is 3.59. The number of pyridine rings is 1. The van der Waals surface area contributed by atoms with Crippen LogP contribution in [0.3, 0.4) is 0 Å². The van der Waals surface area contributed by atoms with Crippen LogP contribution in [0.15, 0.2) is 58.2 Å². The lowest BCUT2D eigenvalue weighted by Gasteiger charge is -2.24. The van der Waals surface area contributed by atoms with E-state index in [1.807, 2.05) is 48.2 Å². The number of amides is 1. The molecule has 3 aromatic rings. The number of hydrogen-bond donors (Lipinski definition) is 0. The highest BCUT2D eigenvalue weighted by atomic mass is 32.2. The summed E-state index contributed by atoms with van der Waals surface area (Å²) < 4.78 is 5.12. The van der Waals surface area contributed by atoms with Gasteiger partial charge in [-0.2, -0.15) is 5.26 Å². The van der Waals surface area contributed by atoms with Crippen molar-refractivity contribution in [3.8, 4) is 6.07 Å². The fourth-order valence-corrected chi connectivity index (χ4v) is 4.46. The van der Waals surface area contributed by atoms with Gasteiger partial charge in [0.05, 0.1) is 22.9 Å². The van der Waals surface area contributed by atoms with E-state index in [9.17, 15) is 4.79 Å². The van der Waals surface area contributed by atoms with Crippen molar-refractivity contribution in [2.75, 3.05) is 31.1 Å². The van der Waals surface area contributed by atoms with E-state index in [2.05, 4.69) is 21.1 Å². The maximum absolute atomic E-state index is 13.3. The van der Waals surface area contributed by atoms with Gasteiger partial charge in [0, 0.05) is 49.9 Å². The molecule has 0 aliphatic carbocycles. The lowest BCUT2D eigenvalue weighted by atomic mass is 10.2. The Kier molecular flexibility index (Phi) is 6.53. The van der Waals surface area contributed by atoms with Crippen LogP contribution in [0.1, 0.15) is 33.8 Å². The Morgan fingerprint density at radius 2 is 2.03 bits per heavy atom. The molecule has 2 aromatic heterocycles. The Morgan fingerprint density at radius 3 is 2.77 bits per heavy atom. The normalized spacial score (nSPS) is 14.2. The van der Waals surface area contributed by atoms with Crippen LogP contribution in [-0.2, 0) is 5.75 Å². The molecule has 1 amide bonds. The average molecular weight is 434 g/mol. The van der Waals surface area contributed by atoms with Crippen molar-refractivity contribution in [3.05, 3.63) is 71.2 Å². The van der Waals surface area contributed by atoms with Crippen molar-refractivity contribution in [2.24, 2.45) is 0 Å². The Labute approximate surface area is 185 Å². The summed E-state index contributed by atoms with van der Waals surface area (Å²) >= 11 is 1.49. The first-order valence-corrected chi connectivity index (χ1v) is 11.2. The predicted molar refractivity (Wildman–Crippen MR) is 119 cm³/mol. The first-order chi connectivity index (χ1) is 15.1. The van der Waals surface area contributed by atoms with Crippen molar-refractivity contribution in [3.63, 3.8) is 0 Å². The number of carbonyl (C=O) groups is 1. The topological polar surface area (TPSA) is 86.3 Å². The van der Waals surface area contributed by atoms with Crippen molar-refractivity contribution in [1.29, 1.82) is 5.26 Å². The third-order valence-corrected chi connectivity index (χ3v) is 6.22. The predicted octanol–water partition coefficient (Wildman–Crippen LogP) is 3.89. The summed E-state index contributed by atoms with van der Waals surface area (Å²) in [5, 5.41) is 13.7. The van der Waals surface area contributed by atoms with Gasteiger partial charge in [-0.25, -0.2) is 4.98 Å². The number of carbonyl (C=O) groups excluding carboxylic acids is 1. The van der Waals surface area contributed by atoms with Crippen molar-refractivity contribution >= 4 is 23.4 Å². The van der Waals surface area contributed by atoms with E-state index in [-0.39, 0.29) is 5.91 Å². The summed E-state index contributed by atoms with van der Waals surface area (Å²) in [4.78, 5) is 21.9. The summed E-state index contributed by atoms with van der Waals surface area (Å²) in [6.45, 7) is 4.82. The highest BCUT2D eigenvalue weighted by Gasteiger charge is 2.23. The average Bonchev–Trinajstić information content (AvgIpc) is 3.07. The molecule has 0 radical (unpaired) electrons. The number of thioether (sulfide) groups is 1. The molecule has 4 rings (SSSR count). The zero-order valence-electron chi connectivity index (χ0n) is 17.3. The summed E-state index contributed by atoms with van der Waals surface area (Å²) in [6, 6.07) is 15.3. The van der Waals surface area contributed by atoms with Gasteiger partial charge >= 0.3 is 0 Å². The number of nitrogens with zero attached hydrogens (tertiary/aromatic N) is 5. The number of hydrogen-bond acceptors (Lipinski definition) is 7. The minimum atomic E-state index is 0.00797. The van der Waals surface area contributed by atoms with E-state index in [1.54, 1.807) is 12.3 Å². The van der Waals surface area contributed by atoms with Crippen molar-refractivity contribution in [2.45, 2.75) is 24.1 Å². The van der Waals surface area contributed by atoms with Gasteiger partial charge in [0.15, 0.2) is 0 Å². The van der Waals surface area contributed by atoms with Gasteiger partial charge in [0.1, 0.15) is 10.8 Å². The summed E-state index contributed by atoms with van der Waals surface area (Å²) in [7, 11) is 0. The van der Waals surface area contributed by atoms with Gasteiger partial charge in [0.25, 0.3) is 5.91 Å². The molecule has 0 spiro atoms. The van der Waals surface area contributed by atoms with Gasteiger partial charge < -0.3 is 14.3 Å². The fraction of sp³-hybridized carbons (Fsp3) is 0.304. The highest BCUT2D eigenvalue weighted by Crippen LogP contribution is 2.26. The molecule has 0 bridgehead atoms. The van der Waals surface area contributed by atoms with Crippen LogP contribution < -0.4 is 4.90 Å². The van der Waals surface area contributed by atoms with Gasteiger partial charge in [-0.05, 0) is 49.7 Å². The molecule has 0 unspecified atom stereocenters. The number of rotatable bonds is 5. The number of nitriles is 1. The van der Waals surface area contributed by atoms with E-state index in [0.29, 0.717) is 35.0 Å². The van der Waals surface area contributed by atoms with Crippen LogP contribution in [0.25, 0.3) is 0 Å². The number of aromatic nitrogens is 2. The van der Waals surface area contributed by atoms with Gasteiger partial charge in [-0.1, -0.05) is 16.9 Å². The minimum absolute atomic E-state index is 0.00797. The van der Waals surface area contributed by atoms with E-state index in [0.717, 1.165) is 36.7 Å². The van der Waals surface area contributed by atoms with Gasteiger partial charge in [0.2, 0.25) is 0 Å².